The second-order valence-electron chi connectivity index (χ2n) is 6.83. The molecule has 1 aromatic heterocycles. The molecule has 0 atom stereocenters. The quantitative estimate of drug-likeness (QED) is 0.186. The van der Waals surface area contributed by atoms with Gasteiger partial charge >= 0.3 is 0 Å². The SMILES string of the molecule is O=c1c(N=Nc2c(Cl)cc([N+](=O)[O-])cc2Cl)c(-c2ccc([N+](=O)[O-])cc2)[nH]n1-c1ccccc1. The lowest BCUT2D eigenvalue weighted by atomic mass is 10.1. The predicted octanol–water partition coefficient (Wildman–Crippen LogP) is 6.37. The van der Waals surface area contributed by atoms with Crippen LogP contribution < -0.4 is 5.56 Å². The van der Waals surface area contributed by atoms with Crippen LogP contribution in [0.1, 0.15) is 0 Å². The van der Waals surface area contributed by atoms with Crippen LogP contribution in [-0.4, -0.2) is 19.6 Å². The van der Waals surface area contributed by atoms with Crippen molar-refractivity contribution in [2.75, 3.05) is 0 Å². The van der Waals surface area contributed by atoms with Crippen molar-refractivity contribution >= 4 is 46.0 Å². The number of non-ortho nitro benzene ring substituents is 2. The van der Waals surface area contributed by atoms with Gasteiger partial charge in [0.15, 0.2) is 5.69 Å². The van der Waals surface area contributed by atoms with Crippen molar-refractivity contribution in [2.45, 2.75) is 0 Å². The summed E-state index contributed by atoms with van der Waals surface area (Å²) in [6, 6.07) is 16.3. The lowest BCUT2D eigenvalue weighted by Gasteiger charge is -2.02. The molecule has 0 radical (unpaired) electrons. The molecule has 1 heterocycles. The molecule has 0 aliphatic heterocycles. The molecule has 0 saturated carbocycles. The molecule has 0 bridgehead atoms. The van der Waals surface area contributed by atoms with Gasteiger partial charge in [0.1, 0.15) is 5.69 Å². The number of nitro groups is 2. The molecule has 4 aromatic rings. The second-order valence-corrected chi connectivity index (χ2v) is 7.65. The van der Waals surface area contributed by atoms with Gasteiger partial charge in [-0.3, -0.25) is 30.1 Å². The maximum absolute atomic E-state index is 13.2. The molecule has 0 saturated heterocycles. The summed E-state index contributed by atoms with van der Waals surface area (Å²) in [5.74, 6) is 0. The van der Waals surface area contributed by atoms with E-state index in [9.17, 15) is 25.0 Å². The third-order valence-corrected chi connectivity index (χ3v) is 5.29. The van der Waals surface area contributed by atoms with E-state index in [2.05, 4.69) is 15.3 Å². The average Bonchev–Trinajstić information content (AvgIpc) is 3.15. The minimum Gasteiger partial charge on any atom is -0.288 e. The van der Waals surface area contributed by atoms with Crippen molar-refractivity contribution in [1.82, 2.24) is 9.78 Å². The number of nitro benzene ring substituents is 2. The number of hydrogen-bond donors (Lipinski definition) is 1. The van der Waals surface area contributed by atoms with Gasteiger partial charge in [-0.15, -0.1) is 10.2 Å². The number of nitrogens with zero attached hydrogens (tertiary/aromatic N) is 5. The molecule has 170 valence electrons. The second kappa shape index (κ2) is 9.25. The van der Waals surface area contributed by atoms with Crippen molar-refractivity contribution in [3.8, 4) is 16.9 Å². The number of para-hydroxylation sites is 1. The number of aromatic amines is 1. The van der Waals surface area contributed by atoms with Gasteiger partial charge in [-0.05, 0) is 24.3 Å². The first-order valence-corrected chi connectivity index (χ1v) is 10.2. The fraction of sp³-hybridized carbons (Fsp3) is 0. The smallest absolute Gasteiger partial charge is 0.288 e. The summed E-state index contributed by atoms with van der Waals surface area (Å²) < 4.78 is 1.24. The topological polar surface area (TPSA) is 149 Å². The van der Waals surface area contributed by atoms with E-state index in [4.69, 9.17) is 23.2 Å². The zero-order valence-corrected chi connectivity index (χ0v) is 18.4. The van der Waals surface area contributed by atoms with Crippen LogP contribution in [-0.2, 0) is 0 Å². The summed E-state index contributed by atoms with van der Waals surface area (Å²) in [6.45, 7) is 0. The van der Waals surface area contributed by atoms with Crippen molar-refractivity contribution in [1.29, 1.82) is 0 Å². The number of nitrogens with one attached hydrogen (secondary N) is 1. The average molecular weight is 499 g/mol. The first-order valence-electron chi connectivity index (χ1n) is 9.46. The Morgan fingerprint density at radius 3 is 1.91 bits per heavy atom. The zero-order valence-electron chi connectivity index (χ0n) is 16.9. The molecule has 34 heavy (non-hydrogen) atoms. The fourth-order valence-electron chi connectivity index (χ4n) is 3.08. The van der Waals surface area contributed by atoms with Crippen molar-refractivity contribution in [2.24, 2.45) is 10.2 Å². The minimum atomic E-state index is -0.657. The van der Waals surface area contributed by atoms with E-state index in [0.717, 1.165) is 12.1 Å². The molecule has 0 amide bonds. The van der Waals surface area contributed by atoms with Gasteiger partial charge in [0, 0.05) is 29.8 Å². The van der Waals surface area contributed by atoms with Gasteiger partial charge in [0.2, 0.25) is 0 Å². The van der Waals surface area contributed by atoms with E-state index in [-0.39, 0.29) is 38.5 Å². The van der Waals surface area contributed by atoms with Crippen molar-refractivity contribution in [3.63, 3.8) is 0 Å². The number of benzene rings is 3. The maximum Gasteiger partial charge on any atom is 0.299 e. The summed E-state index contributed by atoms with van der Waals surface area (Å²) in [6.07, 6.45) is 0. The summed E-state index contributed by atoms with van der Waals surface area (Å²) >= 11 is 12.2. The highest BCUT2D eigenvalue weighted by Crippen LogP contribution is 2.38. The molecule has 0 spiro atoms. The Morgan fingerprint density at radius 1 is 0.794 bits per heavy atom. The van der Waals surface area contributed by atoms with E-state index in [1.807, 2.05) is 0 Å². The predicted molar refractivity (Wildman–Crippen MR) is 126 cm³/mol. The Hall–Kier alpha value is -4.35. The van der Waals surface area contributed by atoms with Gasteiger partial charge in [-0.1, -0.05) is 41.4 Å². The fourth-order valence-corrected chi connectivity index (χ4v) is 3.64. The Bertz CT molecular complexity index is 1470. The van der Waals surface area contributed by atoms with Crippen LogP contribution in [0.3, 0.4) is 0 Å². The molecule has 3 aromatic carbocycles. The largest absolute Gasteiger partial charge is 0.299 e. The van der Waals surface area contributed by atoms with Gasteiger partial charge in [-0.25, -0.2) is 4.68 Å². The zero-order chi connectivity index (χ0) is 24.4. The Morgan fingerprint density at radius 2 is 1.35 bits per heavy atom. The van der Waals surface area contributed by atoms with E-state index in [1.54, 1.807) is 30.3 Å². The summed E-state index contributed by atoms with van der Waals surface area (Å²) in [4.78, 5) is 34.0. The molecule has 1 N–H and O–H groups in total. The van der Waals surface area contributed by atoms with Crippen LogP contribution in [0.15, 0.2) is 81.8 Å². The molecule has 0 aliphatic rings. The summed E-state index contributed by atoms with van der Waals surface area (Å²) in [7, 11) is 0. The van der Waals surface area contributed by atoms with E-state index >= 15 is 0 Å². The molecule has 0 aliphatic carbocycles. The van der Waals surface area contributed by atoms with Gasteiger partial charge < -0.3 is 0 Å². The number of rotatable bonds is 6. The highest BCUT2D eigenvalue weighted by molar-refractivity contribution is 6.39. The first kappa shape index (κ1) is 22.8. The maximum atomic E-state index is 13.2. The monoisotopic (exact) mass is 498 g/mol. The highest BCUT2D eigenvalue weighted by atomic mass is 35.5. The first-order chi connectivity index (χ1) is 16.3. The van der Waals surface area contributed by atoms with Crippen LogP contribution in [0.4, 0.5) is 22.7 Å². The minimum absolute atomic E-state index is 0.0598. The van der Waals surface area contributed by atoms with Crippen LogP contribution in [0.2, 0.25) is 10.0 Å². The Kier molecular flexibility index (Phi) is 6.21. The molecule has 4 rings (SSSR count). The van der Waals surface area contributed by atoms with E-state index in [0.29, 0.717) is 11.3 Å². The van der Waals surface area contributed by atoms with Crippen LogP contribution >= 0.6 is 23.2 Å². The standard InChI is InChI=1S/C21H12Cl2N6O5/c22-16-10-15(29(33)34)11-17(23)19(16)24-25-20-18(12-6-8-14(9-7-12)28(31)32)26-27(21(20)30)13-4-2-1-3-5-13/h1-11,26H. The van der Waals surface area contributed by atoms with Crippen LogP contribution in [0.25, 0.3) is 16.9 Å². The van der Waals surface area contributed by atoms with Crippen LogP contribution in [0, 0.1) is 20.2 Å². The number of halogens is 2. The molecular weight excluding hydrogens is 487 g/mol. The molecular formula is C21H12Cl2N6O5. The normalized spacial score (nSPS) is 11.1. The van der Waals surface area contributed by atoms with E-state index in [1.165, 1.54) is 28.9 Å². The Balaban J connectivity index is 1.86. The van der Waals surface area contributed by atoms with Crippen LogP contribution in [0.5, 0.6) is 0 Å². The molecule has 11 nitrogen and oxygen atoms in total. The van der Waals surface area contributed by atoms with Gasteiger partial charge in [0.25, 0.3) is 16.9 Å². The molecule has 13 heteroatoms. The van der Waals surface area contributed by atoms with Crippen molar-refractivity contribution in [3.05, 3.63) is 107 Å². The van der Waals surface area contributed by atoms with Crippen molar-refractivity contribution < 1.29 is 9.85 Å². The number of aromatic nitrogens is 2. The number of hydrogen-bond acceptors (Lipinski definition) is 7. The molecule has 0 unspecified atom stereocenters. The number of azo groups is 1. The van der Waals surface area contributed by atoms with E-state index < -0.39 is 15.4 Å². The lowest BCUT2D eigenvalue weighted by Crippen LogP contribution is -2.13. The third kappa shape index (κ3) is 4.42. The summed E-state index contributed by atoms with van der Waals surface area (Å²) in [5.41, 5.74) is 0.00305. The lowest BCUT2D eigenvalue weighted by molar-refractivity contribution is -0.385. The van der Waals surface area contributed by atoms with Gasteiger partial charge in [0.05, 0.1) is 31.3 Å². The van der Waals surface area contributed by atoms with Gasteiger partial charge in [-0.2, -0.15) is 0 Å². The highest BCUT2D eigenvalue weighted by Gasteiger charge is 2.19. The third-order valence-electron chi connectivity index (χ3n) is 4.71. The number of H-pyrrole nitrogens is 1. The molecule has 0 fully saturated rings. The Labute approximate surface area is 200 Å². The summed E-state index contributed by atoms with van der Waals surface area (Å²) in [5, 5.41) is 32.7.